The topological polar surface area (TPSA) is 86.3 Å². The second-order valence-corrected chi connectivity index (χ2v) is 6.83. The Hall–Kier alpha value is -2.37. The lowest BCUT2D eigenvalue weighted by atomic mass is 9.72. The molecule has 2 aromatic rings. The molecule has 0 bridgehead atoms. The highest BCUT2D eigenvalue weighted by Gasteiger charge is 2.37. The van der Waals surface area contributed by atoms with Crippen LogP contribution in [0.2, 0.25) is 0 Å². The fraction of sp³-hybridized carbons (Fsp3) is 0.438. The first-order valence-corrected chi connectivity index (χ1v) is 7.26. The molecule has 2 aromatic heterocycles. The van der Waals surface area contributed by atoms with Gasteiger partial charge in [-0.1, -0.05) is 20.8 Å². The van der Waals surface area contributed by atoms with Crippen molar-refractivity contribution < 1.29 is 9.90 Å². The number of hydrogen-bond acceptors (Lipinski definition) is 3. The first-order chi connectivity index (χ1) is 10.3. The number of carbonyl (C=O) groups is 1. The SMILES string of the molecule is CC(C)(C)C1CN(C(=O)O)Cc2c1c1cccnc1[nH]c2=O. The van der Waals surface area contributed by atoms with Gasteiger partial charge in [0.2, 0.25) is 0 Å². The van der Waals surface area contributed by atoms with Crippen LogP contribution in [0.4, 0.5) is 4.79 Å². The number of carboxylic acid groups (broad SMARTS) is 1. The zero-order valence-corrected chi connectivity index (χ0v) is 12.9. The van der Waals surface area contributed by atoms with E-state index < -0.39 is 6.09 Å². The van der Waals surface area contributed by atoms with E-state index in [1.807, 2.05) is 12.1 Å². The van der Waals surface area contributed by atoms with Gasteiger partial charge in [0.25, 0.3) is 5.56 Å². The van der Waals surface area contributed by atoms with Gasteiger partial charge in [-0.15, -0.1) is 0 Å². The molecule has 22 heavy (non-hydrogen) atoms. The monoisotopic (exact) mass is 301 g/mol. The van der Waals surface area contributed by atoms with E-state index in [9.17, 15) is 14.7 Å². The van der Waals surface area contributed by atoms with Crippen molar-refractivity contribution >= 4 is 17.1 Å². The molecule has 1 aliphatic heterocycles. The van der Waals surface area contributed by atoms with Crippen molar-refractivity contribution in [2.75, 3.05) is 6.54 Å². The number of amides is 1. The lowest BCUT2D eigenvalue weighted by molar-refractivity contribution is 0.121. The summed E-state index contributed by atoms with van der Waals surface area (Å²) in [6.07, 6.45) is 0.647. The third-order valence-corrected chi connectivity index (χ3v) is 4.35. The number of rotatable bonds is 0. The van der Waals surface area contributed by atoms with Crippen LogP contribution in [0.25, 0.3) is 11.0 Å². The molecule has 3 rings (SSSR count). The van der Waals surface area contributed by atoms with E-state index >= 15 is 0 Å². The van der Waals surface area contributed by atoms with E-state index in [4.69, 9.17) is 0 Å². The summed E-state index contributed by atoms with van der Waals surface area (Å²) in [6.45, 7) is 6.71. The minimum atomic E-state index is -0.995. The summed E-state index contributed by atoms with van der Waals surface area (Å²) in [6, 6.07) is 3.77. The van der Waals surface area contributed by atoms with Gasteiger partial charge in [-0.3, -0.25) is 4.79 Å². The number of aromatic nitrogens is 2. The Morgan fingerprint density at radius 2 is 2.18 bits per heavy atom. The molecule has 116 valence electrons. The van der Waals surface area contributed by atoms with Crippen molar-refractivity contribution in [3.05, 3.63) is 39.8 Å². The van der Waals surface area contributed by atoms with Crippen molar-refractivity contribution in [1.29, 1.82) is 0 Å². The average molecular weight is 301 g/mol. The number of fused-ring (bicyclic) bond motifs is 3. The van der Waals surface area contributed by atoms with Crippen LogP contribution in [0.1, 0.15) is 37.8 Å². The molecule has 0 saturated heterocycles. The molecule has 3 heterocycles. The fourth-order valence-electron chi connectivity index (χ4n) is 3.16. The van der Waals surface area contributed by atoms with Gasteiger partial charge in [-0.05, 0) is 23.1 Å². The quantitative estimate of drug-likeness (QED) is 0.783. The van der Waals surface area contributed by atoms with E-state index in [0.717, 1.165) is 10.9 Å². The predicted octanol–water partition coefficient (Wildman–Crippen LogP) is 2.55. The minimum Gasteiger partial charge on any atom is -0.465 e. The number of pyridine rings is 2. The first kappa shape index (κ1) is 14.6. The summed E-state index contributed by atoms with van der Waals surface area (Å²) < 4.78 is 0. The Kier molecular flexibility index (Phi) is 3.20. The Balaban J connectivity index is 2.33. The second kappa shape index (κ2) is 4.83. The molecule has 2 N–H and O–H groups in total. The van der Waals surface area contributed by atoms with Crippen molar-refractivity contribution in [3.8, 4) is 0 Å². The highest BCUT2D eigenvalue weighted by Crippen LogP contribution is 2.42. The van der Waals surface area contributed by atoms with Crippen LogP contribution in [-0.4, -0.2) is 32.6 Å². The van der Waals surface area contributed by atoms with Gasteiger partial charge in [0.05, 0.1) is 6.54 Å². The molecule has 0 saturated carbocycles. The molecule has 0 radical (unpaired) electrons. The maximum Gasteiger partial charge on any atom is 0.407 e. The number of nitrogens with zero attached hydrogens (tertiary/aromatic N) is 2. The van der Waals surface area contributed by atoms with Gasteiger partial charge in [-0.2, -0.15) is 0 Å². The minimum absolute atomic E-state index is 0.0543. The van der Waals surface area contributed by atoms with Crippen LogP contribution in [0.5, 0.6) is 0 Å². The number of nitrogens with one attached hydrogen (secondary N) is 1. The molecule has 0 fully saturated rings. The van der Waals surface area contributed by atoms with Gasteiger partial charge < -0.3 is 15.0 Å². The van der Waals surface area contributed by atoms with Crippen molar-refractivity contribution in [3.63, 3.8) is 0 Å². The van der Waals surface area contributed by atoms with Crippen LogP contribution >= 0.6 is 0 Å². The van der Waals surface area contributed by atoms with Gasteiger partial charge in [0.15, 0.2) is 0 Å². The summed E-state index contributed by atoms with van der Waals surface area (Å²) in [5, 5.41) is 10.3. The molecule has 0 spiro atoms. The molecule has 0 aliphatic carbocycles. The second-order valence-electron chi connectivity index (χ2n) is 6.83. The highest BCUT2D eigenvalue weighted by atomic mass is 16.4. The summed E-state index contributed by atoms with van der Waals surface area (Å²) in [5.74, 6) is -0.0543. The summed E-state index contributed by atoms with van der Waals surface area (Å²) in [5.41, 5.74) is 1.62. The Bertz CT molecular complexity index is 804. The third kappa shape index (κ3) is 2.24. The van der Waals surface area contributed by atoms with Gasteiger partial charge in [-0.25, -0.2) is 9.78 Å². The molecule has 0 aromatic carbocycles. The van der Waals surface area contributed by atoms with Crippen LogP contribution in [0.3, 0.4) is 0 Å². The summed E-state index contributed by atoms with van der Waals surface area (Å²) in [7, 11) is 0. The molecular weight excluding hydrogens is 282 g/mol. The fourth-order valence-corrected chi connectivity index (χ4v) is 3.16. The van der Waals surface area contributed by atoms with Crippen LogP contribution in [0, 0.1) is 5.41 Å². The molecule has 6 heteroatoms. The average Bonchev–Trinajstić information content (AvgIpc) is 2.45. The molecule has 1 unspecified atom stereocenters. The van der Waals surface area contributed by atoms with E-state index in [1.165, 1.54) is 4.90 Å². The van der Waals surface area contributed by atoms with E-state index in [2.05, 4.69) is 30.7 Å². The predicted molar refractivity (Wildman–Crippen MR) is 83.0 cm³/mol. The lowest BCUT2D eigenvalue weighted by Gasteiger charge is -2.40. The van der Waals surface area contributed by atoms with E-state index in [1.54, 1.807) is 6.20 Å². The third-order valence-electron chi connectivity index (χ3n) is 4.35. The Morgan fingerprint density at radius 1 is 1.45 bits per heavy atom. The van der Waals surface area contributed by atoms with Gasteiger partial charge in [0.1, 0.15) is 5.65 Å². The molecule has 1 atom stereocenters. The van der Waals surface area contributed by atoms with Gasteiger partial charge in [0, 0.05) is 29.6 Å². The van der Waals surface area contributed by atoms with E-state index in [-0.39, 0.29) is 23.4 Å². The normalized spacial score (nSPS) is 18.3. The summed E-state index contributed by atoms with van der Waals surface area (Å²) >= 11 is 0. The number of hydrogen-bond donors (Lipinski definition) is 2. The largest absolute Gasteiger partial charge is 0.465 e. The standard InChI is InChI=1S/C16H19N3O3/c1-16(2,3)11-8-19(15(21)22)7-10-12(11)9-5-4-6-17-13(9)18-14(10)20/h4-6,11H,7-8H2,1-3H3,(H,21,22)(H,17,18,20). The summed E-state index contributed by atoms with van der Waals surface area (Å²) in [4.78, 5) is 32.1. The molecule has 1 aliphatic rings. The maximum absolute atomic E-state index is 12.4. The lowest BCUT2D eigenvalue weighted by Crippen LogP contribution is -2.43. The first-order valence-electron chi connectivity index (χ1n) is 7.26. The number of H-pyrrole nitrogens is 1. The molecule has 1 amide bonds. The Labute approximate surface area is 127 Å². The van der Waals surface area contributed by atoms with Crippen molar-refractivity contribution in [2.45, 2.75) is 33.2 Å². The van der Waals surface area contributed by atoms with Crippen LogP contribution in [0.15, 0.2) is 23.1 Å². The Morgan fingerprint density at radius 3 is 2.82 bits per heavy atom. The maximum atomic E-state index is 12.4. The van der Waals surface area contributed by atoms with Crippen LogP contribution in [-0.2, 0) is 6.54 Å². The smallest absolute Gasteiger partial charge is 0.407 e. The molecule has 6 nitrogen and oxygen atoms in total. The number of aromatic amines is 1. The highest BCUT2D eigenvalue weighted by molar-refractivity contribution is 5.81. The van der Waals surface area contributed by atoms with Crippen molar-refractivity contribution in [1.82, 2.24) is 14.9 Å². The van der Waals surface area contributed by atoms with E-state index in [0.29, 0.717) is 17.8 Å². The zero-order chi connectivity index (χ0) is 16.1. The van der Waals surface area contributed by atoms with Crippen LogP contribution < -0.4 is 5.56 Å². The zero-order valence-electron chi connectivity index (χ0n) is 12.9. The molecular formula is C16H19N3O3. The van der Waals surface area contributed by atoms with Gasteiger partial charge >= 0.3 is 6.09 Å². The van der Waals surface area contributed by atoms with Crippen molar-refractivity contribution in [2.24, 2.45) is 5.41 Å².